The molecule has 0 aliphatic carbocycles. The van der Waals surface area contributed by atoms with Crippen molar-refractivity contribution in [3.05, 3.63) is 47.3 Å². The first-order chi connectivity index (χ1) is 9.67. The second kappa shape index (κ2) is 11.5. The van der Waals surface area contributed by atoms with Crippen LogP contribution in [0.4, 0.5) is 4.39 Å². The van der Waals surface area contributed by atoms with E-state index in [2.05, 4.69) is 21.7 Å². The van der Waals surface area contributed by atoms with Gasteiger partial charge in [0, 0.05) is 20.1 Å². The number of guanidine groups is 1. The molecule has 118 valence electrons. The first-order valence-electron chi connectivity index (χ1n) is 6.98. The second-order valence-electron chi connectivity index (χ2n) is 4.60. The van der Waals surface area contributed by atoms with E-state index < -0.39 is 0 Å². The van der Waals surface area contributed by atoms with Crippen LogP contribution in [0.25, 0.3) is 0 Å². The van der Waals surface area contributed by atoms with E-state index in [1.807, 2.05) is 26.0 Å². The van der Waals surface area contributed by atoms with Gasteiger partial charge in [-0.3, -0.25) is 4.99 Å². The average molecular weight is 405 g/mol. The van der Waals surface area contributed by atoms with E-state index in [9.17, 15) is 4.39 Å². The Hall–Kier alpha value is -1.11. The van der Waals surface area contributed by atoms with Gasteiger partial charge in [0.2, 0.25) is 0 Å². The van der Waals surface area contributed by atoms with E-state index in [1.165, 1.54) is 6.07 Å². The van der Waals surface area contributed by atoms with Crippen LogP contribution in [0.1, 0.15) is 24.5 Å². The zero-order valence-corrected chi connectivity index (χ0v) is 15.3. The minimum Gasteiger partial charge on any atom is -0.356 e. The topological polar surface area (TPSA) is 36.4 Å². The molecule has 0 atom stereocenters. The van der Waals surface area contributed by atoms with E-state index in [-0.39, 0.29) is 29.8 Å². The lowest BCUT2D eigenvalue weighted by atomic mass is 10.1. The summed E-state index contributed by atoms with van der Waals surface area (Å²) in [5, 5.41) is 6.50. The summed E-state index contributed by atoms with van der Waals surface area (Å²) in [6, 6.07) is 4.92. The van der Waals surface area contributed by atoms with Gasteiger partial charge in [0.15, 0.2) is 5.96 Å². The monoisotopic (exact) mass is 405 g/mol. The highest BCUT2D eigenvalue weighted by atomic mass is 127. The fraction of sp³-hybridized carbons (Fsp3) is 0.438. The lowest BCUT2D eigenvalue weighted by Gasteiger charge is -2.12. The number of benzene rings is 1. The van der Waals surface area contributed by atoms with Crippen molar-refractivity contribution >= 4 is 29.9 Å². The average Bonchev–Trinajstić information content (AvgIpc) is 2.43. The predicted molar refractivity (Wildman–Crippen MR) is 99.1 cm³/mol. The Morgan fingerprint density at radius 2 is 2.00 bits per heavy atom. The van der Waals surface area contributed by atoms with Gasteiger partial charge >= 0.3 is 0 Å². The summed E-state index contributed by atoms with van der Waals surface area (Å²) in [4.78, 5) is 4.16. The number of aryl methyl sites for hydroxylation is 1. The molecule has 0 aliphatic rings. The Balaban J connectivity index is 0.00000400. The van der Waals surface area contributed by atoms with Gasteiger partial charge in [-0.2, -0.15) is 0 Å². The van der Waals surface area contributed by atoms with Crippen LogP contribution in [0.15, 0.2) is 35.3 Å². The largest absolute Gasteiger partial charge is 0.356 e. The Bertz CT molecular complexity index is 473. The third-order valence-electron chi connectivity index (χ3n) is 3.05. The summed E-state index contributed by atoms with van der Waals surface area (Å²) in [7, 11) is 1.76. The van der Waals surface area contributed by atoms with E-state index in [4.69, 9.17) is 0 Å². The minimum atomic E-state index is -0.180. The van der Waals surface area contributed by atoms with Crippen molar-refractivity contribution in [3.63, 3.8) is 0 Å². The molecule has 0 saturated heterocycles. The number of rotatable bonds is 6. The molecular formula is C16H25FIN3. The van der Waals surface area contributed by atoms with E-state index in [0.717, 1.165) is 43.0 Å². The fourth-order valence-electron chi connectivity index (χ4n) is 1.92. The number of allylic oxidation sites excluding steroid dienone is 1. The van der Waals surface area contributed by atoms with E-state index in [1.54, 1.807) is 13.1 Å². The van der Waals surface area contributed by atoms with Crippen molar-refractivity contribution in [2.45, 2.75) is 26.7 Å². The maximum Gasteiger partial charge on any atom is 0.190 e. The quantitative estimate of drug-likeness (QED) is 0.250. The lowest BCUT2D eigenvalue weighted by molar-refractivity contribution is 0.625. The molecule has 0 heterocycles. The van der Waals surface area contributed by atoms with Gasteiger partial charge in [-0.15, -0.1) is 24.0 Å². The molecule has 3 nitrogen and oxygen atoms in total. The molecule has 5 heteroatoms. The van der Waals surface area contributed by atoms with Crippen LogP contribution in [0.2, 0.25) is 0 Å². The van der Waals surface area contributed by atoms with Gasteiger partial charge in [-0.05, 0) is 49.9 Å². The number of nitrogens with zero attached hydrogens (tertiary/aromatic N) is 1. The molecule has 0 bridgehead atoms. The molecule has 0 unspecified atom stereocenters. The van der Waals surface area contributed by atoms with Crippen LogP contribution in [0.5, 0.6) is 0 Å². The van der Waals surface area contributed by atoms with Crippen LogP contribution in [-0.4, -0.2) is 26.1 Å². The molecule has 0 aliphatic heterocycles. The molecule has 1 rings (SSSR count). The first-order valence-corrected chi connectivity index (χ1v) is 6.98. The highest BCUT2D eigenvalue weighted by Crippen LogP contribution is 2.10. The van der Waals surface area contributed by atoms with Gasteiger partial charge < -0.3 is 10.6 Å². The van der Waals surface area contributed by atoms with Gasteiger partial charge in [0.25, 0.3) is 0 Å². The van der Waals surface area contributed by atoms with Crippen molar-refractivity contribution in [1.82, 2.24) is 10.6 Å². The molecule has 1 aromatic rings. The Morgan fingerprint density at radius 3 is 2.62 bits per heavy atom. The summed E-state index contributed by atoms with van der Waals surface area (Å²) >= 11 is 0. The van der Waals surface area contributed by atoms with Gasteiger partial charge in [-0.1, -0.05) is 18.2 Å². The van der Waals surface area contributed by atoms with E-state index >= 15 is 0 Å². The Morgan fingerprint density at radius 1 is 1.29 bits per heavy atom. The summed E-state index contributed by atoms with van der Waals surface area (Å²) in [5.74, 6) is 0.620. The summed E-state index contributed by atoms with van der Waals surface area (Å²) in [5.41, 5.74) is 2.14. The SMILES string of the molecule is C/C=C/CCNC(=NC)NCCc1ccc(F)cc1C.I. The Labute approximate surface area is 144 Å². The van der Waals surface area contributed by atoms with Crippen LogP contribution in [0.3, 0.4) is 0 Å². The lowest BCUT2D eigenvalue weighted by Crippen LogP contribution is -2.38. The normalized spacial score (nSPS) is 11.3. The molecule has 0 spiro atoms. The van der Waals surface area contributed by atoms with Crippen molar-refractivity contribution in [3.8, 4) is 0 Å². The summed E-state index contributed by atoms with van der Waals surface area (Å²) in [6.07, 6.45) is 5.98. The van der Waals surface area contributed by atoms with Crippen molar-refractivity contribution < 1.29 is 4.39 Å². The molecule has 0 radical (unpaired) electrons. The molecular weight excluding hydrogens is 380 g/mol. The molecule has 0 saturated carbocycles. The highest BCUT2D eigenvalue weighted by molar-refractivity contribution is 14.0. The number of hydrogen-bond acceptors (Lipinski definition) is 1. The summed E-state index contributed by atoms with van der Waals surface area (Å²) in [6.45, 7) is 5.58. The van der Waals surface area contributed by atoms with Crippen LogP contribution < -0.4 is 10.6 Å². The van der Waals surface area contributed by atoms with Gasteiger partial charge in [0.05, 0.1) is 0 Å². The maximum atomic E-state index is 13.0. The van der Waals surface area contributed by atoms with Crippen LogP contribution in [0, 0.1) is 12.7 Å². The molecule has 2 N–H and O–H groups in total. The Kier molecular flexibility index (Phi) is 10.9. The summed E-state index contributed by atoms with van der Waals surface area (Å²) < 4.78 is 13.0. The molecule has 0 aromatic heterocycles. The predicted octanol–water partition coefficient (Wildman–Crippen LogP) is 3.43. The van der Waals surface area contributed by atoms with Crippen molar-refractivity contribution in [2.24, 2.45) is 4.99 Å². The third-order valence-corrected chi connectivity index (χ3v) is 3.05. The van der Waals surface area contributed by atoms with Gasteiger partial charge in [-0.25, -0.2) is 4.39 Å². The van der Waals surface area contributed by atoms with Crippen molar-refractivity contribution in [2.75, 3.05) is 20.1 Å². The molecule has 1 aromatic carbocycles. The van der Waals surface area contributed by atoms with Crippen LogP contribution in [-0.2, 0) is 6.42 Å². The first kappa shape index (κ1) is 19.9. The zero-order valence-electron chi connectivity index (χ0n) is 12.9. The molecule has 21 heavy (non-hydrogen) atoms. The maximum absolute atomic E-state index is 13.0. The molecule has 0 amide bonds. The van der Waals surface area contributed by atoms with Crippen molar-refractivity contribution in [1.29, 1.82) is 0 Å². The van der Waals surface area contributed by atoms with Crippen LogP contribution >= 0.6 is 24.0 Å². The second-order valence-corrected chi connectivity index (χ2v) is 4.60. The smallest absolute Gasteiger partial charge is 0.190 e. The standard InChI is InChI=1S/C16H24FN3.HI/c1-4-5-6-10-19-16(18-3)20-11-9-14-7-8-15(17)12-13(14)2;/h4-5,7-8,12H,6,9-11H2,1-3H3,(H2,18,19,20);1H/b5-4+;. The van der Waals surface area contributed by atoms with E-state index in [0.29, 0.717) is 0 Å². The number of hydrogen-bond donors (Lipinski definition) is 2. The number of halogens is 2. The number of nitrogens with one attached hydrogen (secondary N) is 2. The van der Waals surface area contributed by atoms with Gasteiger partial charge in [0.1, 0.15) is 5.82 Å². The number of aliphatic imine (C=N–C) groups is 1. The molecule has 0 fully saturated rings. The fourth-order valence-corrected chi connectivity index (χ4v) is 1.92. The minimum absolute atomic E-state index is 0. The zero-order chi connectivity index (χ0) is 14.8. The highest BCUT2D eigenvalue weighted by Gasteiger charge is 2.01. The third kappa shape index (κ3) is 8.04.